The number of allylic oxidation sites excluding steroid dienone is 1. The molecule has 0 spiro atoms. The second-order valence-corrected chi connectivity index (χ2v) is 5.06. The molecule has 1 aromatic carbocycles. The zero-order valence-corrected chi connectivity index (χ0v) is 9.15. The summed E-state index contributed by atoms with van der Waals surface area (Å²) in [6.07, 6.45) is 7.83. The number of rotatable bonds is 2. The van der Waals surface area contributed by atoms with Crippen LogP contribution < -0.4 is 0 Å². The van der Waals surface area contributed by atoms with E-state index in [1.807, 2.05) is 0 Å². The van der Waals surface area contributed by atoms with Crippen LogP contribution in [0.25, 0.3) is 0 Å². The average molecular weight is 198 g/mol. The number of benzene rings is 1. The van der Waals surface area contributed by atoms with Crippen LogP contribution in [0.1, 0.15) is 37.2 Å². The van der Waals surface area contributed by atoms with E-state index in [-0.39, 0.29) is 0 Å². The van der Waals surface area contributed by atoms with Gasteiger partial charge in [0.15, 0.2) is 0 Å². The Bertz CT molecular complexity index is 365. The van der Waals surface area contributed by atoms with E-state index in [1.165, 1.54) is 31.2 Å². The van der Waals surface area contributed by atoms with Crippen LogP contribution in [-0.2, 0) is 0 Å². The molecule has 0 unspecified atom stereocenters. The van der Waals surface area contributed by atoms with Crippen LogP contribution in [0.2, 0.25) is 0 Å². The van der Waals surface area contributed by atoms with Crippen molar-refractivity contribution in [3.8, 4) is 0 Å². The Kier molecular flexibility index (Phi) is 1.98. The molecule has 3 atom stereocenters. The predicted octanol–water partition coefficient (Wildman–Crippen LogP) is 4.15. The van der Waals surface area contributed by atoms with Crippen LogP contribution in [-0.4, -0.2) is 0 Å². The molecule has 15 heavy (non-hydrogen) atoms. The van der Waals surface area contributed by atoms with Crippen molar-refractivity contribution in [3.05, 3.63) is 48.6 Å². The Morgan fingerprint density at radius 1 is 1.20 bits per heavy atom. The molecule has 0 amide bonds. The van der Waals surface area contributed by atoms with Crippen LogP contribution in [0.5, 0.6) is 0 Å². The summed E-state index contributed by atoms with van der Waals surface area (Å²) in [6.45, 7) is 4.07. The highest BCUT2D eigenvalue weighted by Gasteiger charge is 2.62. The van der Waals surface area contributed by atoms with Crippen LogP contribution >= 0.6 is 0 Å². The van der Waals surface area contributed by atoms with Crippen molar-refractivity contribution in [3.63, 3.8) is 0 Å². The van der Waals surface area contributed by atoms with Crippen molar-refractivity contribution in [2.75, 3.05) is 0 Å². The Balaban J connectivity index is 1.93. The third kappa shape index (κ3) is 1.20. The van der Waals surface area contributed by atoms with Crippen molar-refractivity contribution in [1.29, 1.82) is 0 Å². The standard InChI is InChI=1S/C15H18/c1-2-15-11-7-6-10-13(15)14(15)12-8-4-3-5-9-12/h2-5,8-9,13-14H,1,6-7,10-11H2/t13-,14-,15-/m1/s1. The molecular weight excluding hydrogens is 180 g/mol. The molecule has 2 aliphatic rings. The summed E-state index contributed by atoms with van der Waals surface area (Å²) in [4.78, 5) is 0. The quantitative estimate of drug-likeness (QED) is 0.626. The molecule has 0 saturated heterocycles. The highest BCUT2D eigenvalue weighted by atomic mass is 14.7. The van der Waals surface area contributed by atoms with Gasteiger partial charge in [0.05, 0.1) is 0 Å². The lowest BCUT2D eigenvalue weighted by Crippen LogP contribution is -2.05. The molecule has 3 rings (SSSR count). The van der Waals surface area contributed by atoms with Crippen LogP contribution in [0.3, 0.4) is 0 Å². The fourth-order valence-electron chi connectivity index (χ4n) is 3.70. The van der Waals surface area contributed by atoms with Crippen molar-refractivity contribution < 1.29 is 0 Å². The zero-order valence-electron chi connectivity index (χ0n) is 9.15. The van der Waals surface area contributed by atoms with Gasteiger partial charge in [-0.3, -0.25) is 0 Å². The van der Waals surface area contributed by atoms with Gasteiger partial charge in [-0.25, -0.2) is 0 Å². The van der Waals surface area contributed by atoms with Crippen LogP contribution in [0, 0.1) is 11.3 Å². The monoisotopic (exact) mass is 198 g/mol. The Morgan fingerprint density at radius 3 is 2.67 bits per heavy atom. The summed E-state index contributed by atoms with van der Waals surface area (Å²) in [5, 5.41) is 0. The first kappa shape index (κ1) is 9.21. The minimum Gasteiger partial charge on any atom is -0.102 e. The van der Waals surface area contributed by atoms with E-state index >= 15 is 0 Å². The lowest BCUT2D eigenvalue weighted by Gasteiger charge is -2.17. The third-order valence-electron chi connectivity index (χ3n) is 4.48. The molecule has 1 aromatic rings. The highest BCUT2D eigenvalue weighted by molar-refractivity contribution is 5.37. The topological polar surface area (TPSA) is 0 Å². The zero-order chi connectivity index (χ0) is 10.3. The lowest BCUT2D eigenvalue weighted by molar-refractivity contribution is 0.403. The molecule has 0 aromatic heterocycles. The summed E-state index contributed by atoms with van der Waals surface area (Å²) in [5.41, 5.74) is 2.00. The van der Waals surface area contributed by atoms with Crippen molar-refractivity contribution in [2.45, 2.75) is 31.6 Å². The maximum atomic E-state index is 4.07. The van der Waals surface area contributed by atoms with Gasteiger partial charge in [-0.2, -0.15) is 0 Å². The molecule has 0 N–H and O–H groups in total. The Hall–Kier alpha value is -1.04. The summed E-state index contributed by atoms with van der Waals surface area (Å²) in [6, 6.07) is 11.0. The molecule has 0 bridgehead atoms. The van der Waals surface area contributed by atoms with Gasteiger partial charge < -0.3 is 0 Å². The minimum atomic E-state index is 0.472. The van der Waals surface area contributed by atoms with Gasteiger partial charge in [0.25, 0.3) is 0 Å². The van der Waals surface area contributed by atoms with Gasteiger partial charge in [-0.05, 0) is 35.7 Å². The molecule has 0 heteroatoms. The summed E-state index contributed by atoms with van der Waals surface area (Å²) >= 11 is 0. The van der Waals surface area contributed by atoms with E-state index in [9.17, 15) is 0 Å². The molecule has 2 saturated carbocycles. The first-order valence-electron chi connectivity index (χ1n) is 6.07. The van der Waals surface area contributed by atoms with Gasteiger partial charge in [-0.1, -0.05) is 49.2 Å². The number of hydrogen-bond acceptors (Lipinski definition) is 0. The summed E-state index contributed by atoms with van der Waals surface area (Å²) < 4.78 is 0. The van der Waals surface area contributed by atoms with E-state index in [0.29, 0.717) is 5.41 Å². The SMILES string of the molecule is C=C[C@@]12CCCC[C@@H]1[C@H]2c1ccccc1. The van der Waals surface area contributed by atoms with Crippen LogP contribution in [0.15, 0.2) is 43.0 Å². The average Bonchev–Trinajstić information content (AvgIpc) is 3.00. The third-order valence-corrected chi connectivity index (χ3v) is 4.48. The van der Waals surface area contributed by atoms with Crippen molar-refractivity contribution in [2.24, 2.45) is 11.3 Å². The van der Waals surface area contributed by atoms with Crippen molar-refractivity contribution in [1.82, 2.24) is 0 Å². The molecule has 2 aliphatic carbocycles. The molecule has 0 radical (unpaired) electrons. The molecule has 78 valence electrons. The van der Waals surface area contributed by atoms with Gasteiger partial charge >= 0.3 is 0 Å². The normalized spacial score (nSPS) is 38.1. The molecule has 0 aliphatic heterocycles. The maximum absolute atomic E-state index is 4.07. The number of fused-ring (bicyclic) bond motifs is 1. The van der Waals surface area contributed by atoms with E-state index in [4.69, 9.17) is 0 Å². The Labute approximate surface area is 92.0 Å². The second kappa shape index (κ2) is 3.23. The molecule has 0 nitrogen and oxygen atoms in total. The lowest BCUT2D eigenvalue weighted by atomic mass is 9.88. The minimum absolute atomic E-state index is 0.472. The maximum Gasteiger partial charge on any atom is -0.00149 e. The molecule has 2 fully saturated rings. The Morgan fingerprint density at radius 2 is 2.00 bits per heavy atom. The van der Waals surface area contributed by atoms with Crippen LogP contribution in [0.4, 0.5) is 0 Å². The van der Waals surface area contributed by atoms with E-state index in [2.05, 4.69) is 43.0 Å². The van der Waals surface area contributed by atoms with E-state index in [0.717, 1.165) is 11.8 Å². The fraction of sp³-hybridized carbons (Fsp3) is 0.467. The number of hydrogen-bond donors (Lipinski definition) is 0. The summed E-state index contributed by atoms with van der Waals surface area (Å²) in [5.74, 6) is 1.67. The van der Waals surface area contributed by atoms with Gasteiger partial charge in [0.2, 0.25) is 0 Å². The van der Waals surface area contributed by atoms with E-state index in [1.54, 1.807) is 0 Å². The highest BCUT2D eigenvalue weighted by Crippen LogP contribution is 2.71. The van der Waals surface area contributed by atoms with Crippen molar-refractivity contribution >= 4 is 0 Å². The second-order valence-electron chi connectivity index (χ2n) is 5.06. The smallest absolute Gasteiger partial charge is 0.00149 e. The largest absolute Gasteiger partial charge is 0.102 e. The first-order valence-corrected chi connectivity index (χ1v) is 6.07. The first-order chi connectivity index (χ1) is 7.38. The summed E-state index contributed by atoms with van der Waals surface area (Å²) in [7, 11) is 0. The van der Waals surface area contributed by atoms with E-state index < -0.39 is 0 Å². The molecular formula is C15H18. The fourth-order valence-corrected chi connectivity index (χ4v) is 3.70. The van der Waals surface area contributed by atoms with Gasteiger partial charge in [0.1, 0.15) is 0 Å². The molecule has 0 heterocycles. The van der Waals surface area contributed by atoms with Gasteiger partial charge in [0, 0.05) is 0 Å². The van der Waals surface area contributed by atoms with Gasteiger partial charge in [-0.15, -0.1) is 6.58 Å². The predicted molar refractivity (Wildman–Crippen MR) is 63.8 cm³/mol.